The molecule has 3 heterocycles. The topological polar surface area (TPSA) is 96.6 Å². The van der Waals surface area contributed by atoms with Gasteiger partial charge in [0.2, 0.25) is 5.88 Å². The van der Waals surface area contributed by atoms with Gasteiger partial charge in [-0.3, -0.25) is 9.78 Å². The smallest absolute Gasteiger partial charge is 0.305 e. The maximum Gasteiger partial charge on any atom is 0.305 e. The SMILES string of the molecule is O=c1[nH]c(Oc2ccc3cccc(Cl)c3n2)nc2nc(CCCC3CCCC3)[nH]c12. The van der Waals surface area contributed by atoms with Crippen molar-refractivity contribution in [3.8, 4) is 11.9 Å². The van der Waals surface area contributed by atoms with Gasteiger partial charge in [0, 0.05) is 17.9 Å². The van der Waals surface area contributed by atoms with Gasteiger partial charge in [-0.1, -0.05) is 55.8 Å². The van der Waals surface area contributed by atoms with Gasteiger partial charge >= 0.3 is 6.01 Å². The van der Waals surface area contributed by atoms with Crippen LogP contribution in [0.2, 0.25) is 5.02 Å². The summed E-state index contributed by atoms with van der Waals surface area (Å²) in [6, 6.07) is 9.17. The Labute approximate surface area is 177 Å². The summed E-state index contributed by atoms with van der Waals surface area (Å²) in [5, 5.41) is 1.44. The minimum atomic E-state index is -0.316. The van der Waals surface area contributed by atoms with Crippen molar-refractivity contribution in [1.82, 2.24) is 24.9 Å². The molecular formula is C22H22ClN5O2. The molecule has 0 spiro atoms. The van der Waals surface area contributed by atoms with Crippen molar-refractivity contribution in [2.24, 2.45) is 5.92 Å². The van der Waals surface area contributed by atoms with E-state index in [1.54, 1.807) is 12.1 Å². The molecule has 1 aliphatic rings. The number of benzene rings is 1. The Bertz CT molecular complexity index is 1260. The monoisotopic (exact) mass is 423 g/mol. The third-order valence-corrected chi connectivity index (χ3v) is 6.04. The first-order valence-electron chi connectivity index (χ1n) is 10.4. The van der Waals surface area contributed by atoms with Gasteiger partial charge in [-0.2, -0.15) is 4.98 Å². The summed E-state index contributed by atoms with van der Waals surface area (Å²) in [5.74, 6) is 1.93. The molecule has 8 heteroatoms. The molecule has 4 aromatic rings. The number of H-pyrrole nitrogens is 2. The molecule has 5 rings (SSSR count). The zero-order chi connectivity index (χ0) is 20.5. The second kappa shape index (κ2) is 8.07. The summed E-state index contributed by atoms with van der Waals surface area (Å²) in [4.78, 5) is 31.5. The number of aromatic nitrogens is 5. The molecular weight excluding hydrogens is 402 g/mol. The predicted octanol–water partition coefficient (Wildman–Crippen LogP) is 5.15. The van der Waals surface area contributed by atoms with Crippen LogP contribution >= 0.6 is 11.6 Å². The fraction of sp³-hybridized carbons (Fsp3) is 0.364. The van der Waals surface area contributed by atoms with Crippen LogP contribution in [-0.2, 0) is 6.42 Å². The minimum Gasteiger partial charge on any atom is -0.406 e. The summed E-state index contributed by atoms with van der Waals surface area (Å²) < 4.78 is 5.70. The van der Waals surface area contributed by atoms with E-state index in [1.165, 1.54) is 32.1 Å². The quantitative estimate of drug-likeness (QED) is 0.446. The molecule has 1 aromatic carbocycles. The van der Waals surface area contributed by atoms with Crippen molar-refractivity contribution < 1.29 is 4.74 Å². The number of halogens is 1. The fourth-order valence-corrected chi connectivity index (χ4v) is 4.43. The Balaban J connectivity index is 1.35. The van der Waals surface area contributed by atoms with E-state index in [4.69, 9.17) is 16.3 Å². The molecule has 3 aromatic heterocycles. The van der Waals surface area contributed by atoms with E-state index in [9.17, 15) is 4.79 Å². The number of imidazole rings is 1. The Morgan fingerprint density at radius 1 is 1.07 bits per heavy atom. The summed E-state index contributed by atoms with van der Waals surface area (Å²) in [5.41, 5.74) is 1.03. The van der Waals surface area contributed by atoms with Crippen molar-refractivity contribution >= 4 is 33.7 Å². The number of para-hydroxylation sites is 1. The lowest BCUT2D eigenvalue weighted by molar-refractivity contribution is 0.427. The number of pyridine rings is 1. The first-order chi connectivity index (χ1) is 14.7. The molecule has 1 fully saturated rings. The predicted molar refractivity (Wildman–Crippen MR) is 116 cm³/mol. The van der Waals surface area contributed by atoms with Gasteiger partial charge in [0.1, 0.15) is 5.82 Å². The third-order valence-electron chi connectivity index (χ3n) is 5.74. The van der Waals surface area contributed by atoms with Crippen molar-refractivity contribution in [3.05, 3.63) is 51.5 Å². The highest BCUT2D eigenvalue weighted by molar-refractivity contribution is 6.35. The van der Waals surface area contributed by atoms with Gasteiger partial charge < -0.3 is 9.72 Å². The van der Waals surface area contributed by atoms with Gasteiger partial charge in [0.05, 0.1) is 10.5 Å². The highest BCUT2D eigenvalue weighted by Gasteiger charge is 2.16. The van der Waals surface area contributed by atoms with Crippen LogP contribution in [0.5, 0.6) is 11.9 Å². The van der Waals surface area contributed by atoms with Crippen molar-refractivity contribution in [2.75, 3.05) is 0 Å². The lowest BCUT2D eigenvalue weighted by Gasteiger charge is -2.06. The molecule has 0 bridgehead atoms. The van der Waals surface area contributed by atoms with E-state index < -0.39 is 0 Å². The minimum absolute atomic E-state index is 0.0513. The van der Waals surface area contributed by atoms with E-state index in [2.05, 4.69) is 24.9 Å². The maximum atomic E-state index is 12.5. The standard InChI is InChI=1S/C22H22ClN5O2/c23-15-9-4-8-14-11-12-17(26-18(14)15)30-22-27-20-19(21(29)28-22)24-16(25-20)10-3-7-13-5-1-2-6-13/h4,8-9,11-13H,1-3,5-7,10H2,(H2,24,25,27,28,29). The van der Waals surface area contributed by atoms with Gasteiger partial charge in [0.25, 0.3) is 5.56 Å². The molecule has 0 amide bonds. The zero-order valence-corrected chi connectivity index (χ0v) is 17.2. The number of fused-ring (bicyclic) bond motifs is 2. The number of nitrogens with zero attached hydrogens (tertiary/aromatic N) is 3. The molecule has 1 saturated carbocycles. The van der Waals surface area contributed by atoms with Crippen LogP contribution in [-0.4, -0.2) is 24.9 Å². The Hall–Kier alpha value is -2.93. The van der Waals surface area contributed by atoms with Gasteiger partial charge in [0.15, 0.2) is 11.2 Å². The van der Waals surface area contributed by atoms with Crippen LogP contribution in [0.25, 0.3) is 22.1 Å². The molecule has 0 saturated heterocycles. The van der Waals surface area contributed by atoms with Crippen LogP contribution in [0, 0.1) is 5.92 Å². The maximum absolute atomic E-state index is 12.5. The summed E-state index contributed by atoms with van der Waals surface area (Å²) in [6.07, 6.45) is 8.49. The molecule has 1 aliphatic carbocycles. The molecule has 0 unspecified atom stereocenters. The molecule has 30 heavy (non-hydrogen) atoms. The second-order valence-corrected chi connectivity index (χ2v) is 8.27. The van der Waals surface area contributed by atoms with Crippen molar-refractivity contribution in [2.45, 2.75) is 44.9 Å². The summed E-state index contributed by atoms with van der Waals surface area (Å²) in [7, 11) is 0. The lowest BCUT2D eigenvalue weighted by Crippen LogP contribution is -2.09. The first-order valence-corrected chi connectivity index (χ1v) is 10.8. The van der Waals surface area contributed by atoms with Crippen molar-refractivity contribution in [1.29, 1.82) is 0 Å². The van der Waals surface area contributed by atoms with E-state index in [-0.39, 0.29) is 11.6 Å². The Morgan fingerprint density at radius 3 is 2.80 bits per heavy atom. The lowest BCUT2D eigenvalue weighted by atomic mass is 10.0. The average Bonchev–Trinajstić information content (AvgIpc) is 3.39. The van der Waals surface area contributed by atoms with Crippen LogP contribution < -0.4 is 10.3 Å². The zero-order valence-electron chi connectivity index (χ0n) is 16.4. The number of rotatable bonds is 6. The number of nitrogens with one attached hydrogen (secondary N) is 2. The van der Waals surface area contributed by atoms with Crippen LogP contribution in [0.4, 0.5) is 0 Å². The summed E-state index contributed by atoms with van der Waals surface area (Å²) >= 11 is 6.22. The van der Waals surface area contributed by atoms with E-state index in [1.807, 2.05) is 18.2 Å². The van der Waals surface area contributed by atoms with E-state index in [0.717, 1.165) is 30.0 Å². The van der Waals surface area contributed by atoms with Crippen LogP contribution in [0.15, 0.2) is 35.1 Å². The number of hydrogen-bond acceptors (Lipinski definition) is 5. The average molecular weight is 424 g/mol. The van der Waals surface area contributed by atoms with Crippen molar-refractivity contribution in [3.63, 3.8) is 0 Å². The van der Waals surface area contributed by atoms with Gasteiger partial charge in [-0.25, -0.2) is 9.97 Å². The first kappa shape index (κ1) is 19.1. The van der Waals surface area contributed by atoms with Crippen LogP contribution in [0.1, 0.15) is 44.3 Å². The number of aryl methyl sites for hydroxylation is 1. The number of aromatic amines is 2. The van der Waals surface area contributed by atoms with Crippen LogP contribution in [0.3, 0.4) is 0 Å². The third kappa shape index (κ3) is 3.89. The second-order valence-electron chi connectivity index (χ2n) is 7.86. The Kier molecular flexibility index (Phi) is 5.12. The molecule has 7 nitrogen and oxygen atoms in total. The fourth-order valence-electron chi connectivity index (χ4n) is 4.21. The normalized spacial score (nSPS) is 14.7. The Morgan fingerprint density at radius 2 is 1.93 bits per heavy atom. The number of ether oxygens (including phenoxy) is 1. The van der Waals surface area contributed by atoms with Gasteiger partial charge in [-0.15, -0.1) is 0 Å². The summed E-state index contributed by atoms with van der Waals surface area (Å²) in [6.45, 7) is 0. The largest absolute Gasteiger partial charge is 0.406 e. The van der Waals surface area contributed by atoms with Gasteiger partial charge in [-0.05, 0) is 24.5 Å². The molecule has 2 N–H and O–H groups in total. The van der Waals surface area contributed by atoms with E-state index >= 15 is 0 Å². The number of hydrogen-bond donors (Lipinski definition) is 2. The molecule has 0 aliphatic heterocycles. The highest BCUT2D eigenvalue weighted by Crippen LogP contribution is 2.29. The molecule has 0 radical (unpaired) electrons. The highest BCUT2D eigenvalue weighted by atomic mass is 35.5. The van der Waals surface area contributed by atoms with E-state index in [0.29, 0.717) is 27.6 Å². The molecule has 154 valence electrons. The molecule has 0 atom stereocenters.